The Morgan fingerprint density at radius 2 is 1.70 bits per heavy atom. The van der Waals surface area contributed by atoms with Gasteiger partial charge >= 0.3 is 11.9 Å². The Bertz CT molecular complexity index is 2570. The van der Waals surface area contributed by atoms with E-state index >= 15 is 0 Å². The largest absolute Gasteiger partial charge is 0.481 e. The van der Waals surface area contributed by atoms with Gasteiger partial charge in [0.05, 0.1) is 12.1 Å². The molecule has 4 fully saturated rings. The number of allylic oxidation sites excluding steroid dienone is 2. The minimum Gasteiger partial charge on any atom is -0.481 e. The van der Waals surface area contributed by atoms with E-state index in [4.69, 9.17) is 26.5 Å². The first-order valence-corrected chi connectivity index (χ1v) is 25.4. The van der Waals surface area contributed by atoms with Gasteiger partial charge in [-0.15, -0.1) is 6.42 Å². The van der Waals surface area contributed by atoms with Crippen molar-refractivity contribution in [3.8, 4) is 29.9 Å². The van der Waals surface area contributed by atoms with Gasteiger partial charge in [-0.3, -0.25) is 14.5 Å². The maximum absolute atomic E-state index is 12.1. The van der Waals surface area contributed by atoms with Gasteiger partial charge in [0.25, 0.3) is 0 Å². The van der Waals surface area contributed by atoms with E-state index in [1.165, 1.54) is 28.3 Å². The minimum absolute atomic E-state index is 0.0329. The van der Waals surface area contributed by atoms with Gasteiger partial charge < -0.3 is 25.2 Å². The Labute approximate surface area is 411 Å². The van der Waals surface area contributed by atoms with Gasteiger partial charge in [-0.2, -0.15) is 0 Å². The summed E-state index contributed by atoms with van der Waals surface area (Å²) >= 11 is 0. The normalized spacial score (nSPS) is 27.9. The predicted octanol–water partition coefficient (Wildman–Crippen LogP) is 11.5. The van der Waals surface area contributed by atoms with Gasteiger partial charge in [-0.1, -0.05) is 103 Å². The zero-order chi connectivity index (χ0) is 49.4. The Hall–Kier alpha value is -5.45. The van der Waals surface area contributed by atoms with E-state index in [1.54, 1.807) is 29.8 Å². The van der Waals surface area contributed by atoms with Gasteiger partial charge in [-0.25, -0.2) is 0 Å². The topological polar surface area (TPSA) is 139 Å². The fourth-order valence-electron chi connectivity index (χ4n) is 12.3. The molecule has 0 aliphatic heterocycles. The number of nitrogens with two attached hydrogens (primary N) is 1. The van der Waals surface area contributed by atoms with Crippen LogP contribution in [-0.4, -0.2) is 57.9 Å². The zero-order valence-electron chi connectivity index (χ0n) is 41.9. The fourth-order valence-corrected chi connectivity index (χ4v) is 12.3. The van der Waals surface area contributed by atoms with Crippen LogP contribution in [0.15, 0.2) is 95.2 Å². The van der Waals surface area contributed by atoms with Crippen LogP contribution in [0.3, 0.4) is 0 Å². The van der Waals surface area contributed by atoms with Crippen molar-refractivity contribution in [1.82, 2.24) is 10.1 Å². The van der Waals surface area contributed by atoms with Crippen molar-refractivity contribution in [1.29, 1.82) is 0 Å². The molecule has 6 atom stereocenters. The molecule has 9 nitrogen and oxygen atoms in total. The molecule has 0 amide bonds. The summed E-state index contributed by atoms with van der Waals surface area (Å²) in [5, 5.41) is 26.4. The summed E-state index contributed by atoms with van der Waals surface area (Å²) < 4.78 is 10.8. The second-order valence-electron chi connectivity index (χ2n) is 22.1. The van der Waals surface area contributed by atoms with Crippen molar-refractivity contribution >= 4 is 28.8 Å². The lowest BCUT2D eigenvalue weighted by atomic mass is 9.46. The average molecular weight is 934 g/mol. The third-order valence-corrected chi connectivity index (χ3v) is 16.3. The fraction of sp³-hybridized carbons (Fsp3) is 0.517. The summed E-state index contributed by atoms with van der Waals surface area (Å²) in [6.45, 7) is 13.6. The molecule has 4 N–H and O–H groups in total. The minimum atomic E-state index is -0.909. The molecule has 0 saturated heterocycles. The number of rotatable bonds is 10. The number of hydrogen-bond acceptors (Lipinski definition) is 8. The highest BCUT2D eigenvalue weighted by Crippen LogP contribution is 2.67. The lowest BCUT2D eigenvalue weighted by molar-refractivity contribution is -0.140. The summed E-state index contributed by atoms with van der Waals surface area (Å²) in [6.07, 6.45) is 25.7. The van der Waals surface area contributed by atoms with Crippen LogP contribution >= 0.6 is 0 Å². The molecule has 0 spiro atoms. The number of aromatic nitrogens is 1. The van der Waals surface area contributed by atoms with Gasteiger partial charge in [0.15, 0.2) is 5.76 Å². The number of benzene rings is 3. The van der Waals surface area contributed by atoms with Crippen LogP contribution in [0.1, 0.15) is 128 Å². The molecule has 9 rings (SSSR count). The molecular formula is C60H75N3O6. The van der Waals surface area contributed by atoms with Crippen molar-refractivity contribution in [2.75, 3.05) is 20.1 Å². The molecule has 69 heavy (non-hydrogen) atoms. The van der Waals surface area contributed by atoms with Gasteiger partial charge in [0, 0.05) is 35.9 Å². The molecule has 1 heterocycles. The molecule has 366 valence electrons. The summed E-state index contributed by atoms with van der Waals surface area (Å²) in [4.78, 5) is 25.0. The smallest absolute Gasteiger partial charge is 0.314 e. The number of terminal acetylenes is 1. The summed E-state index contributed by atoms with van der Waals surface area (Å²) in [5.74, 6) is 12.0. The van der Waals surface area contributed by atoms with Crippen LogP contribution in [0, 0.1) is 70.0 Å². The maximum Gasteiger partial charge on any atom is 0.314 e. The van der Waals surface area contributed by atoms with E-state index in [2.05, 4.69) is 124 Å². The van der Waals surface area contributed by atoms with E-state index in [-0.39, 0.29) is 34.6 Å². The van der Waals surface area contributed by atoms with Crippen molar-refractivity contribution in [2.45, 2.75) is 130 Å². The Balaban J connectivity index is 0.000000154. The number of carboxylic acid groups (broad SMARTS) is 1. The number of fused-ring (bicyclic) bond motifs is 7. The Morgan fingerprint density at radius 3 is 2.41 bits per heavy atom. The van der Waals surface area contributed by atoms with Gasteiger partial charge in [0.2, 0.25) is 0 Å². The quantitative estimate of drug-likeness (QED) is 0.0806. The molecule has 9 heteroatoms. The third-order valence-electron chi connectivity index (χ3n) is 16.3. The number of esters is 1. The van der Waals surface area contributed by atoms with Crippen LogP contribution in [-0.2, 0) is 29.0 Å². The number of aryl methyl sites for hydroxylation is 1. The highest BCUT2D eigenvalue weighted by Gasteiger charge is 2.63. The van der Waals surface area contributed by atoms with Crippen molar-refractivity contribution in [3.63, 3.8) is 0 Å². The SMILES string of the molecule is C#C[C@]1(O)CC[C@H]2[C@@H]3CCC4=Cc5oncc5C[C@]4(C)[C@H]3CC[C@@]21C.CN(C/C=C/C#CC(C)(C)C)Cc1cccc2ccccc12.NC[C@H]1CC[C@H](C(=O)Oc2ccc(CCC(=O)O)cc2)CC1. The highest BCUT2D eigenvalue weighted by atomic mass is 16.5. The third kappa shape index (κ3) is 12.1. The lowest BCUT2D eigenvalue weighted by Gasteiger charge is -2.58. The summed E-state index contributed by atoms with van der Waals surface area (Å²) in [7, 11) is 2.14. The lowest BCUT2D eigenvalue weighted by Crippen LogP contribution is -2.54. The second-order valence-corrected chi connectivity index (χ2v) is 22.1. The number of likely N-dealkylation sites (N-methyl/N-ethyl adjacent to an activating group) is 1. The number of carboxylic acids is 1. The number of aliphatic carboxylic acids is 1. The summed E-state index contributed by atoms with van der Waals surface area (Å²) in [6, 6.07) is 22.1. The molecular weight excluding hydrogens is 859 g/mol. The average Bonchev–Trinajstić information content (AvgIpc) is 3.90. The first-order chi connectivity index (χ1) is 32.9. The number of aliphatic hydroxyl groups is 1. The van der Waals surface area contributed by atoms with Crippen molar-refractivity contribution < 1.29 is 29.1 Å². The van der Waals surface area contributed by atoms with E-state index < -0.39 is 11.6 Å². The number of nitrogens with zero attached hydrogens (tertiary/aromatic N) is 2. The molecule has 3 aromatic carbocycles. The van der Waals surface area contributed by atoms with Crippen LogP contribution in [0.4, 0.5) is 0 Å². The Kier molecular flexibility index (Phi) is 16.5. The molecule has 5 aliphatic carbocycles. The standard InChI is InChI=1S/C22H27NO2.C21H25N.C17H23NO4/c1-4-22(24)10-8-18-16-6-5-15-11-19-14(13-23-25-19)12-20(15,2)17(16)7-9-21(18,22)3;1-21(2,3)15-8-5-9-16-22(4)17-19-13-10-12-18-11-6-7-14-20(18)19;18-11-13-1-6-14(7-2-13)17(21)22-15-8-3-12(4-9-15)5-10-16(19)20/h1,11,13,16-18,24H,5-10,12H2,2-3H3;5-7,9-14H,16-17H2,1-4H3;3-4,8-9,13-14H,1-2,5-7,10-11,18H2,(H,19,20)/b;9-5+;/t16-,17+,18+,20+,21+,22+;;13-,14-/m1../s1. The van der Waals surface area contributed by atoms with Crippen LogP contribution in [0.5, 0.6) is 5.75 Å². The molecule has 0 bridgehead atoms. The number of carbonyl (C=O) groups excluding carboxylic acids is 1. The molecule has 5 aliphatic rings. The molecule has 0 unspecified atom stereocenters. The zero-order valence-corrected chi connectivity index (χ0v) is 41.9. The highest BCUT2D eigenvalue weighted by molar-refractivity contribution is 5.85. The van der Waals surface area contributed by atoms with Crippen LogP contribution in [0.2, 0.25) is 0 Å². The number of carbonyl (C=O) groups is 2. The monoisotopic (exact) mass is 934 g/mol. The van der Waals surface area contributed by atoms with Crippen LogP contribution in [0.25, 0.3) is 16.8 Å². The van der Waals surface area contributed by atoms with E-state index in [0.29, 0.717) is 42.4 Å². The van der Waals surface area contributed by atoms with Crippen molar-refractivity contribution in [2.24, 2.45) is 51.6 Å². The number of ether oxygens (including phenoxy) is 1. The number of hydrogen-bond donors (Lipinski definition) is 3. The summed E-state index contributed by atoms with van der Waals surface area (Å²) in [5.41, 5.74) is 10.0. The maximum atomic E-state index is 12.1. The Morgan fingerprint density at radius 1 is 0.971 bits per heavy atom. The molecule has 1 aromatic heterocycles. The van der Waals surface area contributed by atoms with Gasteiger partial charge in [0.1, 0.15) is 11.4 Å². The van der Waals surface area contributed by atoms with E-state index in [1.807, 2.05) is 12.3 Å². The van der Waals surface area contributed by atoms with E-state index in [9.17, 15) is 14.7 Å². The van der Waals surface area contributed by atoms with Crippen molar-refractivity contribution in [3.05, 3.63) is 113 Å². The molecule has 4 aromatic rings. The van der Waals surface area contributed by atoms with Gasteiger partial charge in [-0.05, 0) is 187 Å². The second kappa shape index (κ2) is 22.1. The van der Waals surface area contributed by atoms with E-state index in [0.717, 1.165) is 88.6 Å². The molecule has 0 radical (unpaired) electrons. The predicted molar refractivity (Wildman–Crippen MR) is 276 cm³/mol. The first-order valence-electron chi connectivity index (χ1n) is 25.4. The first kappa shape index (κ1) is 51.4. The van der Waals surface area contributed by atoms with Crippen LogP contribution < -0.4 is 10.5 Å². The molecule has 4 saturated carbocycles.